The van der Waals surface area contributed by atoms with E-state index in [1.54, 1.807) is 45.3 Å². The summed E-state index contributed by atoms with van der Waals surface area (Å²) in [5.41, 5.74) is -0.286. The molecule has 0 radical (unpaired) electrons. The lowest BCUT2D eigenvalue weighted by molar-refractivity contribution is -0.125. The second kappa shape index (κ2) is 6.69. The molecule has 0 aromatic heterocycles. The lowest BCUT2D eigenvalue weighted by Crippen LogP contribution is -2.48. The third kappa shape index (κ3) is 2.69. The number of rotatable bonds is 4. The molecule has 0 saturated heterocycles. The van der Waals surface area contributed by atoms with Gasteiger partial charge < -0.3 is 9.64 Å². The van der Waals surface area contributed by atoms with Crippen LogP contribution in [0.25, 0.3) is 0 Å². The molecule has 0 heterocycles. The van der Waals surface area contributed by atoms with Gasteiger partial charge in [0, 0.05) is 43.5 Å². The van der Waals surface area contributed by atoms with E-state index in [-0.39, 0.29) is 23.0 Å². The summed E-state index contributed by atoms with van der Waals surface area (Å²) >= 11 is 0. The minimum absolute atomic E-state index is 0.161. The summed E-state index contributed by atoms with van der Waals surface area (Å²) in [6.45, 7) is 3.49. The average molecular weight is 329 g/mol. The van der Waals surface area contributed by atoms with Crippen LogP contribution >= 0.6 is 0 Å². The van der Waals surface area contributed by atoms with E-state index >= 15 is 0 Å². The second-order valence-corrected chi connectivity index (χ2v) is 6.24. The van der Waals surface area contributed by atoms with Crippen molar-refractivity contribution < 1.29 is 19.1 Å². The van der Waals surface area contributed by atoms with Gasteiger partial charge in [-0.15, -0.1) is 0 Å². The second-order valence-electron chi connectivity index (χ2n) is 6.24. The Morgan fingerprint density at radius 2 is 1.75 bits per heavy atom. The highest BCUT2D eigenvalue weighted by Crippen LogP contribution is 2.38. The lowest BCUT2D eigenvalue weighted by atomic mass is 9.73. The van der Waals surface area contributed by atoms with Crippen molar-refractivity contribution in [3.8, 4) is 0 Å². The number of benzene rings is 1. The van der Waals surface area contributed by atoms with Crippen LogP contribution in [0, 0.1) is 0 Å². The molecule has 2 rings (SSSR count). The molecule has 1 aromatic rings. The van der Waals surface area contributed by atoms with Crippen LogP contribution in [0.1, 0.15) is 47.4 Å². The number of fused-ring (bicyclic) bond motifs is 1. The van der Waals surface area contributed by atoms with Crippen LogP contribution in [-0.4, -0.2) is 49.2 Å². The van der Waals surface area contributed by atoms with Crippen LogP contribution in [0.3, 0.4) is 0 Å². The molecule has 0 saturated carbocycles. The van der Waals surface area contributed by atoms with Gasteiger partial charge in [-0.1, -0.05) is 37.6 Å². The number of ether oxygens (including phenoxy) is 1. The highest BCUT2D eigenvalue weighted by Gasteiger charge is 2.49. The first-order valence-electron chi connectivity index (χ1n) is 7.98. The SMILES string of the molecule is CCC/C(C(=O)N(C)C)=C1/C(=O)c2ccccc2C(=O)C1(C)OC. The molecule has 1 aliphatic carbocycles. The molecule has 0 spiro atoms. The first kappa shape index (κ1) is 18.1. The van der Waals surface area contributed by atoms with Crippen molar-refractivity contribution in [3.05, 3.63) is 46.5 Å². The normalized spacial score (nSPS) is 22.2. The quantitative estimate of drug-likeness (QED) is 0.797. The van der Waals surface area contributed by atoms with Crippen molar-refractivity contribution in [2.24, 2.45) is 0 Å². The maximum absolute atomic E-state index is 13.1. The number of carbonyl (C=O) groups excluding carboxylic acids is 3. The summed E-state index contributed by atoms with van der Waals surface area (Å²) < 4.78 is 5.49. The van der Waals surface area contributed by atoms with E-state index in [9.17, 15) is 14.4 Å². The standard InChI is InChI=1S/C19H23NO4/c1-6-9-14(18(23)20(3)4)15-16(21)12-10-7-8-11-13(12)17(22)19(15,2)24-5/h7-8,10-11H,6,9H2,1-5H3/b15-14+. The van der Waals surface area contributed by atoms with Crippen LogP contribution in [0.2, 0.25) is 0 Å². The number of nitrogens with zero attached hydrogens (tertiary/aromatic N) is 1. The van der Waals surface area contributed by atoms with Gasteiger partial charge in [-0.05, 0) is 13.3 Å². The Balaban J connectivity index is 2.83. The number of Topliss-reactive ketones (excluding diaryl/α,β-unsaturated/α-hetero) is 2. The largest absolute Gasteiger partial charge is 0.365 e. The van der Waals surface area contributed by atoms with E-state index in [1.165, 1.54) is 12.0 Å². The summed E-state index contributed by atoms with van der Waals surface area (Å²) in [4.78, 5) is 40.2. The summed E-state index contributed by atoms with van der Waals surface area (Å²) in [6, 6.07) is 6.67. The van der Waals surface area contributed by atoms with E-state index in [0.717, 1.165) is 0 Å². The molecule has 24 heavy (non-hydrogen) atoms. The Morgan fingerprint density at radius 1 is 1.17 bits per heavy atom. The minimum atomic E-state index is -1.46. The summed E-state index contributed by atoms with van der Waals surface area (Å²) in [5.74, 6) is -0.876. The Morgan fingerprint density at radius 3 is 2.25 bits per heavy atom. The van der Waals surface area contributed by atoms with Gasteiger partial charge in [-0.25, -0.2) is 0 Å². The van der Waals surface area contributed by atoms with Crippen LogP contribution in [-0.2, 0) is 9.53 Å². The highest BCUT2D eigenvalue weighted by molar-refractivity contribution is 6.28. The Kier molecular flexibility index (Phi) is 5.04. The summed E-state index contributed by atoms with van der Waals surface area (Å²) in [6.07, 6.45) is 1.09. The van der Waals surface area contributed by atoms with Gasteiger partial charge in [0.2, 0.25) is 5.91 Å². The number of likely N-dealkylation sites (N-methyl/N-ethyl adjacent to an activating group) is 1. The number of hydrogen-bond donors (Lipinski definition) is 0. The predicted octanol–water partition coefficient (Wildman–Crippen LogP) is 2.66. The van der Waals surface area contributed by atoms with Gasteiger partial charge in [0.1, 0.15) is 0 Å². The van der Waals surface area contributed by atoms with E-state index in [0.29, 0.717) is 29.5 Å². The van der Waals surface area contributed by atoms with Crippen LogP contribution in [0.15, 0.2) is 35.4 Å². The Labute approximate surface area is 142 Å². The summed E-state index contributed by atoms with van der Waals surface area (Å²) in [7, 11) is 4.65. The monoisotopic (exact) mass is 329 g/mol. The Hall–Kier alpha value is -2.27. The molecule has 1 unspecified atom stereocenters. The van der Waals surface area contributed by atoms with Crippen molar-refractivity contribution >= 4 is 17.5 Å². The zero-order valence-electron chi connectivity index (χ0n) is 14.8. The van der Waals surface area contributed by atoms with Crippen LogP contribution in [0.4, 0.5) is 0 Å². The van der Waals surface area contributed by atoms with Gasteiger partial charge in [0.05, 0.1) is 0 Å². The molecule has 1 amide bonds. The third-order valence-electron chi connectivity index (χ3n) is 4.43. The molecule has 0 bridgehead atoms. The molecule has 0 N–H and O–H groups in total. The van der Waals surface area contributed by atoms with Gasteiger partial charge in [0.25, 0.3) is 0 Å². The lowest BCUT2D eigenvalue weighted by Gasteiger charge is -2.35. The fourth-order valence-electron chi connectivity index (χ4n) is 3.08. The highest BCUT2D eigenvalue weighted by atomic mass is 16.5. The average Bonchev–Trinajstić information content (AvgIpc) is 2.58. The van der Waals surface area contributed by atoms with E-state index in [2.05, 4.69) is 0 Å². The smallest absolute Gasteiger partial charge is 0.249 e. The molecule has 0 aliphatic heterocycles. The fourth-order valence-corrected chi connectivity index (χ4v) is 3.08. The molecular weight excluding hydrogens is 306 g/mol. The number of carbonyl (C=O) groups is 3. The van der Waals surface area contributed by atoms with Crippen molar-refractivity contribution in [2.45, 2.75) is 32.3 Å². The number of amides is 1. The number of hydrogen-bond acceptors (Lipinski definition) is 4. The van der Waals surface area contributed by atoms with Gasteiger partial charge in [0.15, 0.2) is 17.2 Å². The van der Waals surface area contributed by atoms with Crippen LogP contribution in [0.5, 0.6) is 0 Å². The molecular formula is C19H23NO4. The van der Waals surface area contributed by atoms with Crippen molar-refractivity contribution in [2.75, 3.05) is 21.2 Å². The topological polar surface area (TPSA) is 63.7 Å². The number of ketones is 2. The molecule has 1 aromatic carbocycles. The van der Waals surface area contributed by atoms with Crippen molar-refractivity contribution in [1.29, 1.82) is 0 Å². The zero-order chi connectivity index (χ0) is 18.1. The maximum Gasteiger partial charge on any atom is 0.249 e. The minimum Gasteiger partial charge on any atom is -0.365 e. The van der Waals surface area contributed by atoms with Crippen molar-refractivity contribution in [1.82, 2.24) is 4.90 Å². The summed E-state index contributed by atoms with van der Waals surface area (Å²) in [5, 5.41) is 0. The zero-order valence-corrected chi connectivity index (χ0v) is 14.8. The maximum atomic E-state index is 13.1. The Bertz CT molecular complexity index is 733. The van der Waals surface area contributed by atoms with E-state index < -0.39 is 5.60 Å². The van der Waals surface area contributed by atoms with Gasteiger partial charge in [-0.2, -0.15) is 0 Å². The molecule has 1 aliphatic rings. The fraction of sp³-hybridized carbons (Fsp3) is 0.421. The third-order valence-corrected chi connectivity index (χ3v) is 4.43. The van der Waals surface area contributed by atoms with Crippen LogP contribution < -0.4 is 0 Å². The predicted molar refractivity (Wildman–Crippen MR) is 91.1 cm³/mol. The van der Waals surface area contributed by atoms with Crippen molar-refractivity contribution in [3.63, 3.8) is 0 Å². The molecule has 1 atom stereocenters. The van der Waals surface area contributed by atoms with Gasteiger partial charge >= 0.3 is 0 Å². The van der Waals surface area contributed by atoms with Gasteiger partial charge in [-0.3, -0.25) is 14.4 Å². The van der Waals surface area contributed by atoms with E-state index in [4.69, 9.17) is 4.74 Å². The molecule has 0 fully saturated rings. The first-order valence-corrected chi connectivity index (χ1v) is 7.98. The molecule has 5 heteroatoms. The van der Waals surface area contributed by atoms with E-state index in [1.807, 2.05) is 6.92 Å². The first-order chi connectivity index (χ1) is 11.3. The molecule has 5 nitrogen and oxygen atoms in total. The molecule has 128 valence electrons. The number of methoxy groups -OCH3 is 1.